The summed E-state index contributed by atoms with van der Waals surface area (Å²) >= 11 is 7.58. The molecule has 2 aromatic rings. The van der Waals surface area contributed by atoms with Gasteiger partial charge in [-0.2, -0.15) is 0 Å². The third kappa shape index (κ3) is 4.74. The molecule has 1 fully saturated rings. The van der Waals surface area contributed by atoms with Gasteiger partial charge >= 0.3 is 0 Å². The van der Waals surface area contributed by atoms with Gasteiger partial charge in [0.25, 0.3) is 0 Å². The Bertz CT molecular complexity index is 789. The second kappa shape index (κ2) is 8.51. The van der Waals surface area contributed by atoms with E-state index in [0.29, 0.717) is 31.2 Å². The van der Waals surface area contributed by atoms with Crippen molar-refractivity contribution in [1.29, 1.82) is 0 Å². The molecule has 0 bridgehead atoms. The van der Waals surface area contributed by atoms with Crippen molar-refractivity contribution in [3.63, 3.8) is 0 Å². The predicted molar refractivity (Wildman–Crippen MR) is 105 cm³/mol. The SMILES string of the molecule is CN=C(NCc1cnc(C)s1)N1CCN(Cc2ccc(Cl)cc2)C(=O)C1. The van der Waals surface area contributed by atoms with Crippen LogP contribution in [0.2, 0.25) is 5.02 Å². The number of carbonyl (C=O) groups excluding carboxylic acids is 1. The van der Waals surface area contributed by atoms with Gasteiger partial charge in [-0.05, 0) is 24.6 Å². The van der Waals surface area contributed by atoms with E-state index in [1.54, 1.807) is 18.4 Å². The predicted octanol–water partition coefficient (Wildman–Crippen LogP) is 2.52. The van der Waals surface area contributed by atoms with E-state index in [-0.39, 0.29) is 5.91 Å². The summed E-state index contributed by atoms with van der Waals surface area (Å²) in [6.07, 6.45) is 1.87. The van der Waals surface area contributed by atoms with Crippen LogP contribution in [0.25, 0.3) is 0 Å². The first-order valence-corrected chi connectivity index (χ1v) is 9.63. The summed E-state index contributed by atoms with van der Waals surface area (Å²) in [6.45, 7) is 5.01. The van der Waals surface area contributed by atoms with Crippen LogP contribution >= 0.6 is 22.9 Å². The van der Waals surface area contributed by atoms with E-state index in [4.69, 9.17) is 11.6 Å². The zero-order valence-corrected chi connectivity index (χ0v) is 16.5. The maximum Gasteiger partial charge on any atom is 0.242 e. The molecule has 8 heteroatoms. The molecule has 1 aromatic heterocycles. The second-order valence-corrected chi connectivity index (χ2v) is 7.87. The molecule has 1 aliphatic heterocycles. The Kier molecular flexibility index (Phi) is 6.11. The van der Waals surface area contributed by atoms with Crippen molar-refractivity contribution in [3.05, 3.63) is 50.9 Å². The number of thiazole rings is 1. The molecule has 0 spiro atoms. The highest BCUT2D eigenvalue weighted by atomic mass is 35.5. The molecule has 3 rings (SSSR count). The number of benzene rings is 1. The zero-order chi connectivity index (χ0) is 18.5. The van der Waals surface area contributed by atoms with Crippen LogP contribution in [0.3, 0.4) is 0 Å². The number of hydrogen-bond donors (Lipinski definition) is 1. The standard InChI is InChI=1S/C18H22ClN5OS/c1-13-21-9-16(26-13)10-22-18(20-2)24-8-7-23(17(25)12-24)11-14-3-5-15(19)6-4-14/h3-6,9H,7-8,10-12H2,1-2H3,(H,20,22). The van der Waals surface area contributed by atoms with E-state index < -0.39 is 0 Å². The van der Waals surface area contributed by atoms with Crippen LogP contribution in [0.15, 0.2) is 35.5 Å². The Morgan fingerprint density at radius 3 is 2.73 bits per heavy atom. The van der Waals surface area contributed by atoms with Crippen molar-refractivity contribution in [3.8, 4) is 0 Å². The normalized spacial score (nSPS) is 15.5. The fourth-order valence-corrected chi connectivity index (χ4v) is 3.71. The molecule has 0 unspecified atom stereocenters. The van der Waals surface area contributed by atoms with Crippen molar-refractivity contribution in [2.24, 2.45) is 4.99 Å². The molecule has 26 heavy (non-hydrogen) atoms. The third-order valence-corrected chi connectivity index (χ3v) is 5.37. The van der Waals surface area contributed by atoms with Gasteiger partial charge in [0.15, 0.2) is 5.96 Å². The number of aryl methyl sites for hydroxylation is 1. The van der Waals surface area contributed by atoms with Crippen molar-refractivity contribution >= 4 is 34.8 Å². The molecule has 138 valence electrons. The van der Waals surface area contributed by atoms with Gasteiger partial charge in [0.1, 0.15) is 0 Å². The van der Waals surface area contributed by atoms with E-state index in [0.717, 1.165) is 28.0 Å². The number of nitrogens with zero attached hydrogens (tertiary/aromatic N) is 4. The number of carbonyl (C=O) groups is 1. The summed E-state index contributed by atoms with van der Waals surface area (Å²) in [7, 11) is 1.74. The van der Waals surface area contributed by atoms with Gasteiger partial charge in [0.2, 0.25) is 5.91 Å². The molecule has 6 nitrogen and oxygen atoms in total. The first kappa shape index (κ1) is 18.7. The molecule has 1 aromatic carbocycles. The van der Waals surface area contributed by atoms with Gasteiger partial charge in [-0.25, -0.2) is 4.98 Å². The molecule has 2 heterocycles. The molecular weight excluding hydrogens is 370 g/mol. The number of halogens is 1. The minimum atomic E-state index is 0.0998. The van der Waals surface area contributed by atoms with Crippen molar-refractivity contribution < 1.29 is 4.79 Å². The van der Waals surface area contributed by atoms with Crippen molar-refractivity contribution in [2.75, 3.05) is 26.7 Å². The highest BCUT2D eigenvalue weighted by Crippen LogP contribution is 2.14. The van der Waals surface area contributed by atoms with E-state index >= 15 is 0 Å². The van der Waals surface area contributed by atoms with E-state index in [2.05, 4.69) is 15.3 Å². The van der Waals surface area contributed by atoms with Crippen LogP contribution in [0, 0.1) is 6.92 Å². The number of piperazine rings is 1. The topological polar surface area (TPSA) is 60.8 Å². The van der Waals surface area contributed by atoms with Gasteiger partial charge in [0.05, 0.1) is 18.1 Å². The second-order valence-electron chi connectivity index (χ2n) is 6.11. The minimum absolute atomic E-state index is 0.0998. The summed E-state index contributed by atoms with van der Waals surface area (Å²) in [6, 6.07) is 7.62. The quantitative estimate of drug-likeness (QED) is 0.642. The minimum Gasteiger partial charge on any atom is -0.351 e. The number of nitrogens with one attached hydrogen (secondary N) is 1. The molecule has 1 saturated heterocycles. The average Bonchev–Trinajstić information content (AvgIpc) is 3.05. The molecule has 0 radical (unpaired) electrons. The maximum atomic E-state index is 12.5. The Morgan fingerprint density at radius 2 is 2.12 bits per heavy atom. The number of rotatable bonds is 4. The molecule has 1 amide bonds. The Balaban J connectivity index is 1.54. The summed E-state index contributed by atoms with van der Waals surface area (Å²) in [5, 5.41) is 5.07. The lowest BCUT2D eigenvalue weighted by molar-refractivity contribution is -0.135. The Labute approximate surface area is 162 Å². The number of amides is 1. The van der Waals surface area contributed by atoms with E-state index in [1.165, 1.54) is 0 Å². The van der Waals surface area contributed by atoms with Gasteiger partial charge < -0.3 is 15.1 Å². The van der Waals surface area contributed by atoms with Crippen molar-refractivity contribution in [1.82, 2.24) is 20.1 Å². The van der Waals surface area contributed by atoms with Crippen molar-refractivity contribution in [2.45, 2.75) is 20.0 Å². The fraction of sp³-hybridized carbons (Fsp3) is 0.389. The lowest BCUT2D eigenvalue weighted by Gasteiger charge is -2.36. The Hall–Kier alpha value is -2.12. The fourth-order valence-electron chi connectivity index (χ4n) is 2.85. The molecule has 1 N–H and O–H groups in total. The van der Waals surface area contributed by atoms with Crippen LogP contribution in [-0.4, -0.2) is 53.3 Å². The van der Waals surface area contributed by atoms with Gasteiger partial charge in [-0.1, -0.05) is 23.7 Å². The van der Waals surface area contributed by atoms with E-state index in [1.807, 2.05) is 47.2 Å². The molecule has 0 saturated carbocycles. The van der Waals surface area contributed by atoms with Crippen LogP contribution in [0.4, 0.5) is 0 Å². The summed E-state index contributed by atoms with van der Waals surface area (Å²) in [5.41, 5.74) is 1.08. The number of hydrogen-bond acceptors (Lipinski definition) is 4. The Morgan fingerprint density at radius 1 is 1.35 bits per heavy atom. The molecule has 0 aliphatic carbocycles. The number of guanidine groups is 1. The van der Waals surface area contributed by atoms with E-state index in [9.17, 15) is 4.79 Å². The monoisotopic (exact) mass is 391 g/mol. The number of aliphatic imine (C=N–C) groups is 1. The lowest BCUT2D eigenvalue weighted by atomic mass is 10.2. The molecular formula is C18H22ClN5OS. The van der Waals surface area contributed by atoms with Crippen LogP contribution < -0.4 is 5.32 Å². The van der Waals surface area contributed by atoms with Gasteiger partial charge in [-0.15, -0.1) is 11.3 Å². The third-order valence-electron chi connectivity index (χ3n) is 4.21. The number of aromatic nitrogens is 1. The largest absolute Gasteiger partial charge is 0.351 e. The lowest BCUT2D eigenvalue weighted by Crippen LogP contribution is -2.54. The highest BCUT2D eigenvalue weighted by Gasteiger charge is 2.26. The highest BCUT2D eigenvalue weighted by molar-refractivity contribution is 7.11. The van der Waals surface area contributed by atoms with Gasteiger partial charge in [0, 0.05) is 42.8 Å². The first-order chi connectivity index (χ1) is 12.5. The van der Waals surface area contributed by atoms with Gasteiger partial charge in [-0.3, -0.25) is 9.79 Å². The molecule has 1 aliphatic rings. The zero-order valence-electron chi connectivity index (χ0n) is 14.9. The molecule has 0 atom stereocenters. The maximum absolute atomic E-state index is 12.5. The summed E-state index contributed by atoms with van der Waals surface area (Å²) in [4.78, 5) is 26.1. The average molecular weight is 392 g/mol. The first-order valence-electron chi connectivity index (χ1n) is 8.44. The summed E-state index contributed by atoms with van der Waals surface area (Å²) < 4.78 is 0. The van der Waals surface area contributed by atoms with Crippen LogP contribution in [0.5, 0.6) is 0 Å². The van der Waals surface area contributed by atoms with Crippen LogP contribution in [0.1, 0.15) is 15.4 Å². The summed E-state index contributed by atoms with van der Waals surface area (Å²) in [5.74, 6) is 0.846. The van der Waals surface area contributed by atoms with Crippen LogP contribution in [-0.2, 0) is 17.9 Å². The smallest absolute Gasteiger partial charge is 0.242 e.